The standard InChI is InChI=1S/C24H25N5O5Se/c1-16(35-22-7-5-4-6-8-22)24-29(17(2)30)26-23(34-24)19-9-11-21(12-10-19)32-14-20-13-28(27-25-20)15-33-18(3)31/h4-13,16,24H,14-15H2,1-3H3. The van der Waals surface area contributed by atoms with Crippen LogP contribution < -0.4 is 9.20 Å². The number of carbonyl (C=O) groups is 2. The number of benzene rings is 2. The molecule has 10 nitrogen and oxygen atoms in total. The molecule has 0 radical (unpaired) electrons. The summed E-state index contributed by atoms with van der Waals surface area (Å²) >= 11 is 0.113. The van der Waals surface area contributed by atoms with Gasteiger partial charge in [-0.2, -0.15) is 0 Å². The number of nitrogens with zero attached hydrogens (tertiary/aromatic N) is 5. The first-order valence-corrected chi connectivity index (χ1v) is 12.8. The molecule has 0 saturated heterocycles. The second kappa shape index (κ2) is 11.2. The third-order valence-electron chi connectivity index (χ3n) is 4.94. The molecule has 3 aromatic rings. The topological polar surface area (TPSA) is 108 Å². The minimum absolute atomic E-state index is 0.00248. The van der Waals surface area contributed by atoms with Crippen molar-refractivity contribution in [3.8, 4) is 5.75 Å². The Labute approximate surface area is 209 Å². The summed E-state index contributed by atoms with van der Waals surface area (Å²) in [5.74, 6) is 0.476. The van der Waals surface area contributed by atoms with E-state index >= 15 is 0 Å². The number of aromatic nitrogens is 3. The first-order chi connectivity index (χ1) is 16.9. The Bertz CT molecular complexity index is 1200. The van der Waals surface area contributed by atoms with Crippen LogP contribution in [0.3, 0.4) is 0 Å². The van der Waals surface area contributed by atoms with E-state index in [4.69, 9.17) is 14.2 Å². The maximum absolute atomic E-state index is 12.2. The van der Waals surface area contributed by atoms with Crippen molar-refractivity contribution in [2.75, 3.05) is 0 Å². The van der Waals surface area contributed by atoms with Gasteiger partial charge in [-0.15, -0.1) is 0 Å². The molecule has 1 aliphatic rings. The third-order valence-corrected chi connectivity index (χ3v) is 7.35. The smallest absolute Gasteiger partial charge is 0.0639 e. The zero-order valence-corrected chi connectivity index (χ0v) is 21.2. The van der Waals surface area contributed by atoms with E-state index in [0.29, 0.717) is 17.3 Å². The van der Waals surface area contributed by atoms with Gasteiger partial charge >= 0.3 is 176 Å². The number of ether oxygens (including phenoxy) is 3. The summed E-state index contributed by atoms with van der Waals surface area (Å²) in [6, 6.07) is 17.5. The molecule has 1 aromatic heterocycles. The Morgan fingerprint density at radius 2 is 1.86 bits per heavy atom. The van der Waals surface area contributed by atoms with E-state index in [0.717, 1.165) is 5.56 Å². The molecule has 0 aliphatic carbocycles. The molecule has 2 aromatic carbocycles. The Morgan fingerprint density at radius 1 is 1.11 bits per heavy atom. The number of hydrogen-bond acceptors (Lipinski definition) is 8. The number of hydrazone groups is 1. The predicted octanol–water partition coefficient (Wildman–Crippen LogP) is 2.08. The summed E-state index contributed by atoms with van der Waals surface area (Å²) in [7, 11) is 0. The normalized spacial score (nSPS) is 15.8. The van der Waals surface area contributed by atoms with Crippen molar-refractivity contribution < 1.29 is 23.8 Å². The first kappa shape index (κ1) is 24.4. The van der Waals surface area contributed by atoms with Crippen LogP contribution in [0.15, 0.2) is 65.9 Å². The first-order valence-electron chi connectivity index (χ1n) is 10.9. The van der Waals surface area contributed by atoms with Crippen molar-refractivity contribution in [2.45, 2.75) is 45.2 Å². The monoisotopic (exact) mass is 543 g/mol. The average molecular weight is 542 g/mol. The van der Waals surface area contributed by atoms with Crippen molar-refractivity contribution in [3.05, 3.63) is 72.1 Å². The second-order valence-electron chi connectivity index (χ2n) is 7.74. The van der Waals surface area contributed by atoms with Gasteiger partial charge in [0.1, 0.15) is 0 Å². The predicted molar refractivity (Wildman–Crippen MR) is 128 cm³/mol. The molecular formula is C24H25N5O5Se. The third kappa shape index (κ3) is 6.46. The SMILES string of the molecule is CC(=O)OCn1cc(COc2ccc(C3=NN(C(C)=O)C(C(C)[Se]c4ccccc4)O3)cc2)nn1. The second-order valence-corrected chi connectivity index (χ2v) is 10.8. The van der Waals surface area contributed by atoms with Gasteiger partial charge in [-0.3, -0.25) is 4.79 Å². The van der Waals surface area contributed by atoms with Gasteiger partial charge in [0, 0.05) is 6.92 Å². The van der Waals surface area contributed by atoms with Crippen LogP contribution in [0.5, 0.6) is 5.75 Å². The fourth-order valence-electron chi connectivity index (χ4n) is 3.26. The molecule has 182 valence electrons. The quantitative estimate of drug-likeness (QED) is 0.301. The van der Waals surface area contributed by atoms with Crippen LogP contribution in [0.25, 0.3) is 0 Å². The van der Waals surface area contributed by atoms with E-state index in [-0.39, 0.29) is 39.0 Å². The molecule has 0 saturated carbocycles. The summed E-state index contributed by atoms with van der Waals surface area (Å²) in [6.45, 7) is 5.10. The summed E-state index contributed by atoms with van der Waals surface area (Å²) in [4.78, 5) is 23.2. The fraction of sp³-hybridized carbons (Fsp3) is 0.292. The Balaban J connectivity index is 1.36. The van der Waals surface area contributed by atoms with Crippen LogP contribution in [0.4, 0.5) is 0 Å². The minimum Gasteiger partial charge on any atom is -0.0639 e. The molecule has 1 aliphatic heterocycles. The van der Waals surface area contributed by atoms with E-state index < -0.39 is 12.2 Å². The molecule has 11 heteroatoms. The fourth-order valence-corrected chi connectivity index (χ4v) is 5.42. The molecular weight excluding hydrogens is 517 g/mol. The Morgan fingerprint density at radius 3 is 2.54 bits per heavy atom. The van der Waals surface area contributed by atoms with Gasteiger partial charge in [0.15, 0.2) is 6.73 Å². The van der Waals surface area contributed by atoms with E-state index in [1.807, 2.05) is 30.3 Å². The Kier molecular flexibility index (Phi) is 7.79. The number of esters is 1. The zero-order valence-electron chi connectivity index (χ0n) is 19.5. The number of hydrogen-bond donors (Lipinski definition) is 0. The van der Waals surface area contributed by atoms with Crippen molar-refractivity contribution in [1.29, 1.82) is 0 Å². The van der Waals surface area contributed by atoms with Crippen LogP contribution >= 0.6 is 0 Å². The molecule has 0 fully saturated rings. The maximum atomic E-state index is 12.2. The van der Waals surface area contributed by atoms with E-state index in [1.165, 1.54) is 28.0 Å². The molecule has 1 amide bonds. The van der Waals surface area contributed by atoms with Crippen molar-refractivity contribution in [2.24, 2.45) is 5.10 Å². The van der Waals surface area contributed by atoms with Crippen molar-refractivity contribution >= 4 is 37.2 Å². The molecule has 2 atom stereocenters. The summed E-state index contributed by atoms with van der Waals surface area (Å²) < 4.78 is 19.4. The van der Waals surface area contributed by atoms with Crippen LogP contribution in [0.1, 0.15) is 32.0 Å². The molecule has 2 unspecified atom stereocenters. The summed E-state index contributed by atoms with van der Waals surface area (Å²) in [5.41, 5.74) is 1.34. The zero-order chi connectivity index (χ0) is 24.8. The van der Waals surface area contributed by atoms with Gasteiger partial charge in [-0.05, 0) is 0 Å². The summed E-state index contributed by atoms with van der Waals surface area (Å²) in [5, 5.41) is 13.7. The summed E-state index contributed by atoms with van der Waals surface area (Å²) in [6.07, 6.45) is 1.20. The molecule has 2 heterocycles. The van der Waals surface area contributed by atoms with Crippen molar-refractivity contribution in [1.82, 2.24) is 20.0 Å². The van der Waals surface area contributed by atoms with Crippen LogP contribution in [-0.2, 0) is 32.4 Å². The average Bonchev–Trinajstić information content (AvgIpc) is 3.50. The number of carbonyl (C=O) groups excluding carboxylic acids is 2. The number of amides is 1. The van der Waals surface area contributed by atoms with Gasteiger partial charge in [-0.25, -0.2) is 4.68 Å². The van der Waals surface area contributed by atoms with Gasteiger partial charge < -0.3 is 4.74 Å². The molecule has 4 rings (SSSR count). The number of rotatable bonds is 9. The van der Waals surface area contributed by atoms with Crippen LogP contribution in [0, 0.1) is 0 Å². The van der Waals surface area contributed by atoms with Gasteiger partial charge in [-0.1, -0.05) is 5.21 Å². The van der Waals surface area contributed by atoms with Crippen LogP contribution in [0.2, 0.25) is 4.82 Å². The van der Waals surface area contributed by atoms with E-state index in [9.17, 15) is 9.59 Å². The van der Waals surface area contributed by atoms with Gasteiger partial charge in [0.25, 0.3) is 0 Å². The van der Waals surface area contributed by atoms with E-state index in [1.54, 1.807) is 18.3 Å². The van der Waals surface area contributed by atoms with E-state index in [2.05, 4.69) is 34.5 Å². The molecule has 0 N–H and O–H groups in total. The minimum atomic E-state index is -0.451. The Hall–Kier alpha value is -3.69. The molecule has 0 spiro atoms. The molecule has 0 bridgehead atoms. The van der Waals surface area contributed by atoms with Crippen LogP contribution in [-0.4, -0.2) is 59.0 Å². The molecule has 35 heavy (non-hydrogen) atoms. The van der Waals surface area contributed by atoms with Gasteiger partial charge in [0.05, 0.1) is 0 Å². The van der Waals surface area contributed by atoms with Crippen molar-refractivity contribution in [3.63, 3.8) is 0 Å². The van der Waals surface area contributed by atoms with Gasteiger partial charge in [0.2, 0.25) is 0 Å².